The van der Waals surface area contributed by atoms with Crippen LogP contribution in [0.5, 0.6) is 0 Å². The number of amides is 2. The molecule has 6 heteroatoms. The zero-order valence-corrected chi connectivity index (χ0v) is 16.3. The van der Waals surface area contributed by atoms with Gasteiger partial charge in [0.2, 0.25) is 11.8 Å². The van der Waals surface area contributed by atoms with Crippen molar-refractivity contribution in [1.29, 1.82) is 0 Å². The summed E-state index contributed by atoms with van der Waals surface area (Å²) in [7, 11) is 0. The Morgan fingerprint density at radius 3 is 2.56 bits per heavy atom. The summed E-state index contributed by atoms with van der Waals surface area (Å²) < 4.78 is 2.06. The zero-order valence-electron chi connectivity index (χ0n) is 16.3. The fourth-order valence-electron chi connectivity index (χ4n) is 3.76. The summed E-state index contributed by atoms with van der Waals surface area (Å²) in [5.74, 6) is 1.20. The van der Waals surface area contributed by atoms with E-state index in [2.05, 4.69) is 46.1 Å². The fourth-order valence-corrected chi connectivity index (χ4v) is 3.76. The summed E-state index contributed by atoms with van der Waals surface area (Å²) in [4.78, 5) is 30.4. The van der Waals surface area contributed by atoms with Crippen LogP contribution >= 0.6 is 0 Å². The summed E-state index contributed by atoms with van der Waals surface area (Å²) in [6, 6.07) is 8.33. The van der Waals surface area contributed by atoms with E-state index < -0.39 is 0 Å². The van der Waals surface area contributed by atoms with Gasteiger partial charge in [-0.3, -0.25) is 9.59 Å². The summed E-state index contributed by atoms with van der Waals surface area (Å²) >= 11 is 0. The Morgan fingerprint density at radius 1 is 1.19 bits per heavy atom. The van der Waals surface area contributed by atoms with Gasteiger partial charge in [-0.2, -0.15) is 0 Å². The second-order valence-electron chi connectivity index (χ2n) is 7.39. The number of carbonyl (C=O) groups is 2. The first kappa shape index (κ1) is 19.1. The molecule has 0 radical (unpaired) electrons. The average Bonchev–Trinajstić information content (AvgIpc) is 3.22. The lowest BCUT2D eigenvalue weighted by Crippen LogP contribution is -2.39. The van der Waals surface area contributed by atoms with Gasteiger partial charge in [-0.05, 0) is 25.8 Å². The van der Waals surface area contributed by atoms with Gasteiger partial charge in [0.05, 0.1) is 6.04 Å². The van der Waals surface area contributed by atoms with Crippen molar-refractivity contribution in [2.45, 2.75) is 52.1 Å². The van der Waals surface area contributed by atoms with Crippen LogP contribution in [0.15, 0.2) is 36.7 Å². The van der Waals surface area contributed by atoms with E-state index in [1.807, 2.05) is 18.0 Å². The molecule has 1 fully saturated rings. The number of rotatable bonds is 6. The summed E-state index contributed by atoms with van der Waals surface area (Å²) in [6.07, 6.45) is 5.01. The van der Waals surface area contributed by atoms with Crippen LogP contribution in [0.4, 0.5) is 0 Å². The Kier molecular flexibility index (Phi) is 5.94. The molecule has 3 rings (SSSR count). The molecule has 0 spiro atoms. The molecular formula is C21H28N4O2. The Hall–Kier alpha value is -2.63. The molecule has 1 saturated heterocycles. The summed E-state index contributed by atoms with van der Waals surface area (Å²) in [6.45, 7) is 7.57. The van der Waals surface area contributed by atoms with Crippen molar-refractivity contribution in [3.05, 3.63) is 53.6 Å². The molecule has 0 unspecified atom stereocenters. The SMILES string of the molecule is CC(=O)N[C@@H]1CN(C(=O)CCCn2ccnc2C)C[C@H]1c1ccc(C)cc1. The molecule has 2 aromatic rings. The summed E-state index contributed by atoms with van der Waals surface area (Å²) in [5, 5.41) is 3.03. The molecule has 1 aromatic heterocycles. The second kappa shape index (κ2) is 8.37. The van der Waals surface area contributed by atoms with Crippen LogP contribution in [0, 0.1) is 13.8 Å². The van der Waals surface area contributed by atoms with Gasteiger partial charge in [-0.15, -0.1) is 0 Å². The molecule has 1 aromatic carbocycles. The Bertz CT molecular complexity index is 797. The molecule has 1 N–H and O–H groups in total. The normalized spacial score (nSPS) is 19.3. The van der Waals surface area contributed by atoms with Crippen LogP contribution in [0.1, 0.15) is 42.6 Å². The molecular weight excluding hydrogens is 340 g/mol. The number of carbonyl (C=O) groups excluding carboxylic acids is 2. The number of hydrogen-bond donors (Lipinski definition) is 1. The van der Waals surface area contributed by atoms with Crippen LogP contribution in [-0.2, 0) is 16.1 Å². The molecule has 0 bridgehead atoms. The number of imidazole rings is 1. The highest BCUT2D eigenvalue weighted by molar-refractivity contribution is 5.77. The number of nitrogens with zero attached hydrogens (tertiary/aromatic N) is 3. The molecule has 2 amide bonds. The lowest BCUT2D eigenvalue weighted by Gasteiger charge is -2.19. The maximum Gasteiger partial charge on any atom is 0.222 e. The molecule has 27 heavy (non-hydrogen) atoms. The van der Waals surface area contributed by atoms with E-state index in [1.54, 1.807) is 6.20 Å². The van der Waals surface area contributed by atoms with Crippen LogP contribution < -0.4 is 5.32 Å². The van der Waals surface area contributed by atoms with E-state index in [4.69, 9.17) is 0 Å². The standard InChI is InChI=1S/C21H28N4O2/c1-15-6-8-18(9-7-15)19-13-25(14-20(19)23-17(3)26)21(27)5-4-11-24-12-10-22-16(24)2/h6-10,12,19-20H,4-5,11,13-14H2,1-3H3,(H,23,26)/t19-,20+/m0/s1. The van der Waals surface area contributed by atoms with E-state index in [0.717, 1.165) is 18.8 Å². The van der Waals surface area contributed by atoms with Gasteiger partial charge >= 0.3 is 0 Å². The quantitative estimate of drug-likeness (QED) is 0.851. The van der Waals surface area contributed by atoms with Gasteiger partial charge in [0.25, 0.3) is 0 Å². The monoisotopic (exact) mass is 368 g/mol. The topological polar surface area (TPSA) is 67.2 Å². The number of aryl methyl sites for hydroxylation is 3. The first-order valence-corrected chi connectivity index (χ1v) is 9.53. The number of benzene rings is 1. The van der Waals surface area contributed by atoms with Crippen molar-refractivity contribution in [1.82, 2.24) is 19.8 Å². The lowest BCUT2D eigenvalue weighted by molar-refractivity contribution is -0.130. The lowest BCUT2D eigenvalue weighted by atomic mass is 9.93. The van der Waals surface area contributed by atoms with E-state index in [1.165, 1.54) is 18.1 Å². The first-order valence-electron chi connectivity index (χ1n) is 9.53. The van der Waals surface area contributed by atoms with E-state index in [0.29, 0.717) is 19.5 Å². The van der Waals surface area contributed by atoms with Crippen LogP contribution in [-0.4, -0.2) is 45.4 Å². The third-order valence-electron chi connectivity index (χ3n) is 5.28. The third kappa shape index (κ3) is 4.76. The van der Waals surface area contributed by atoms with Crippen molar-refractivity contribution < 1.29 is 9.59 Å². The molecule has 0 saturated carbocycles. The molecule has 2 heterocycles. The van der Waals surface area contributed by atoms with Crippen LogP contribution in [0.3, 0.4) is 0 Å². The minimum Gasteiger partial charge on any atom is -0.351 e. The number of aromatic nitrogens is 2. The average molecular weight is 368 g/mol. The number of hydrogen-bond acceptors (Lipinski definition) is 3. The predicted octanol–water partition coefficient (Wildman–Crippen LogP) is 2.41. The van der Waals surface area contributed by atoms with E-state index in [-0.39, 0.29) is 23.8 Å². The molecule has 1 aliphatic heterocycles. The fraction of sp³-hybridized carbons (Fsp3) is 0.476. The minimum atomic E-state index is -0.0537. The van der Waals surface area contributed by atoms with Gasteiger partial charge in [0.1, 0.15) is 5.82 Å². The first-order chi connectivity index (χ1) is 12.9. The minimum absolute atomic E-state index is 0.0370. The van der Waals surface area contributed by atoms with E-state index in [9.17, 15) is 9.59 Å². The van der Waals surface area contributed by atoms with Crippen molar-refractivity contribution >= 4 is 11.8 Å². The Labute approximate surface area is 160 Å². The predicted molar refractivity (Wildman–Crippen MR) is 104 cm³/mol. The maximum absolute atomic E-state index is 12.7. The molecule has 0 aliphatic carbocycles. The molecule has 6 nitrogen and oxygen atoms in total. The van der Waals surface area contributed by atoms with Crippen molar-refractivity contribution in [3.63, 3.8) is 0 Å². The van der Waals surface area contributed by atoms with Gasteiger partial charge < -0.3 is 14.8 Å². The van der Waals surface area contributed by atoms with Crippen LogP contribution in [0.25, 0.3) is 0 Å². The van der Waals surface area contributed by atoms with Gasteiger partial charge in [-0.1, -0.05) is 29.8 Å². The number of nitrogens with one attached hydrogen (secondary N) is 1. The second-order valence-corrected chi connectivity index (χ2v) is 7.39. The Balaban J connectivity index is 1.61. The van der Waals surface area contributed by atoms with Gasteiger partial charge in [-0.25, -0.2) is 4.98 Å². The van der Waals surface area contributed by atoms with E-state index >= 15 is 0 Å². The third-order valence-corrected chi connectivity index (χ3v) is 5.28. The largest absolute Gasteiger partial charge is 0.351 e. The van der Waals surface area contributed by atoms with Gasteiger partial charge in [0.15, 0.2) is 0 Å². The highest BCUT2D eigenvalue weighted by atomic mass is 16.2. The van der Waals surface area contributed by atoms with Gasteiger partial charge in [0, 0.05) is 51.3 Å². The van der Waals surface area contributed by atoms with Crippen LogP contribution in [0.2, 0.25) is 0 Å². The highest BCUT2D eigenvalue weighted by Gasteiger charge is 2.36. The highest BCUT2D eigenvalue weighted by Crippen LogP contribution is 2.28. The molecule has 144 valence electrons. The summed E-state index contributed by atoms with van der Waals surface area (Å²) in [5.41, 5.74) is 2.37. The maximum atomic E-state index is 12.7. The van der Waals surface area contributed by atoms with Crippen molar-refractivity contribution in [2.75, 3.05) is 13.1 Å². The number of likely N-dealkylation sites (tertiary alicyclic amines) is 1. The Morgan fingerprint density at radius 2 is 1.93 bits per heavy atom. The molecule has 2 atom stereocenters. The smallest absolute Gasteiger partial charge is 0.222 e. The van der Waals surface area contributed by atoms with Crippen molar-refractivity contribution in [3.8, 4) is 0 Å². The zero-order chi connectivity index (χ0) is 19.4. The molecule has 1 aliphatic rings. The van der Waals surface area contributed by atoms with Crippen molar-refractivity contribution in [2.24, 2.45) is 0 Å².